The second kappa shape index (κ2) is 17.0. The molecule has 0 aliphatic rings. The van der Waals surface area contributed by atoms with Gasteiger partial charge in [0.25, 0.3) is 0 Å². The van der Waals surface area contributed by atoms with E-state index < -0.39 is 16.2 Å². The van der Waals surface area contributed by atoms with Crippen molar-refractivity contribution in [1.82, 2.24) is 0 Å². The normalized spacial score (nSPS) is 15.7. The van der Waals surface area contributed by atoms with Gasteiger partial charge >= 0.3 is 0 Å². The van der Waals surface area contributed by atoms with Crippen molar-refractivity contribution >= 4 is 0 Å². The molecular formula is C54H62O6. The van der Waals surface area contributed by atoms with E-state index >= 15 is 0 Å². The fourth-order valence-electron chi connectivity index (χ4n) is 10.4. The maximum absolute atomic E-state index is 10.6. The highest BCUT2D eigenvalue weighted by molar-refractivity contribution is 5.41. The zero-order valence-electron chi connectivity index (χ0n) is 36.2. The van der Waals surface area contributed by atoms with Gasteiger partial charge in [-0.05, 0) is 171 Å². The fourth-order valence-corrected chi connectivity index (χ4v) is 10.4. The van der Waals surface area contributed by atoms with E-state index in [0.717, 1.165) is 52.6 Å². The molecule has 6 aromatic carbocycles. The second-order valence-electron chi connectivity index (χ2n) is 19.4. The van der Waals surface area contributed by atoms with Crippen molar-refractivity contribution in [3.05, 3.63) is 179 Å². The Morgan fingerprint density at radius 3 is 0.850 bits per heavy atom. The highest BCUT2D eigenvalue weighted by atomic mass is 16.3. The van der Waals surface area contributed by atoms with E-state index in [1.165, 1.54) is 0 Å². The maximum atomic E-state index is 10.6. The Morgan fingerprint density at radius 1 is 0.300 bits per heavy atom. The topological polar surface area (TPSA) is 121 Å². The Kier molecular flexibility index (Phi) is 12.4. The molecule has 60 heavy (non-hydrogen) atoms. The maximum Gasteiger partial charge on any atom is 0.115 e. The van der Waals surface area contributed by atoms with Crippen molar-refractivity contribution < 1.29 is 30.6 Å². The molecule has 314 valence electrons. The van der Waals surface area contributed by atoms with Crippen molar-refractivity contribution in [2.24, 2.45) is 0 Å². The summed E-state index contributed by atoms with van der Waals surface area (Å²) in [6, 6.07) is 45.3. The van der Waals surface area contributed by atoms with E-state index in [1.807, 2.05) is 72.8 Å². The summed E-state index contributed by atoms with van der Waals surface area (Å²) in [7, 11) is 0. The molecule has 6 rings (SSSR count). The van der Waals surface area contributed by atoms with E-state index in [1.54, 1.807) is 72.8 Å². The first-order valence-corrected chi connectivity index (χ1v) is 21.0. The molecule has 4 atom stereocenters. The number of hydrogen-bond acceptors (Lipinski definition) is 6. The molecule has 6 N–H and O–H groups in total. The van der Waals surface area contributed by atoms with E-state index in [0.29, 0.717) is 12.8 Å². The zero-order valence-corrected chi connectivity index (χ0v) is 36.2. The summed E-state index contributed by atoms with van der Waals surface area (Å²) in [5.41, 5.74) is 4.64. The summed E-state index contributed by atoms with van der Waals surface area (Å²) in [5, 5.41) is 62.3. The van der Waals surface area contributed by atoms with Gasteiger partial charge < -0.3 is 30.6 Å². The highest BCUT2D eigenvalue weighted by Gasteiger charge is 2.45. The van der Waals surface area contributed by atoms with Crippen LogP contribution in [0.1, 0.15) is 120 Å². The number of rotatable bonds is 16. The molecule has 0 saturated carbocycles. The number of hydrogen-bond donors (Lipinski definition) is 6. The van der Waals surface area contributed by atoms with Crippen molar-refractivity contribution in [3.8, 4) is 34.5 Å². The lowest BCUT2D eigenvalue weighted by atomic mass is 9.57. The Morgan fingerprint density at radius 2 is 0.533 bits per heavy atom. The summed E-state index contributed by atoms with van der Waals surface area (Å²) < 4.78 is 0. The molecule has 0 bridgehead atoms. The summed E-state index contributed by atoms with van der Waals surface area (Å²) in [5.74, 6) is 1.22. The Hall–Kier alpha value is -5.88. The molecule has 6 nitrogen and oxygen atoms in total. The van der Waals surface area contributed by atoms with Crippen LogP contribution in [0.25, 0.3) is 0 Å². The first-order valence-electron chi connectivity index (χ1n) is 21.0. The Labute approximate surface area is 356 Å². The quantitative estimate of drug-likeness (QED) is 0.0579. The average molecular weight is 807 g/mol. The van der Waals surface area contributed by atoms with E-state index in [2.05, 4.69) is 48.5 Å². The van der Waals surface area contributed by atoms with Crippen LogP contribution in [-0.4, -0.2) is 30.6 Å². The molecule has 0 aliphatic heterocycles. The van der Waals surface area contributed by atoms with Gasteiger partial charge in [0.1, 0.15) is 34.5 Å². The SMILES string of the molecule is CC(C)(CC(C)(CC(CC(C)(CC(C)(CC(C)(C)c1ccc(O)cc1)c1ccc(O)cc1)c1ccc(O)cc1)c1ccc(O)cc1)c1ccc(O)cc1)c1ccc(O)cc1. The van der Waals surface area contributed by atoms with Gasteiger partial charge in [0.05, 0.1) is 0 Å². The lowest BCUT2D eigenvalue weighted by molar-refractivity contribution is 0.212. The molecule has 0 spiro atoms. The van der Waals surface area contributed by atoms with Crippen LogP contribution in [-0.2, 0) is 27.1 Å². The average Bonchev–Trinajstić information content (AvgIpc) is 3.18. The number of aromatic hydroxyl groups is 6. The minimum absolute atomic E-state index is 0.0343. The molecule has 0 aliphatic carbocycles. The van der Waals surface area contributed by atoms with Crippen molar-refractivity contribution in [2.75, 3.05) is 0 Å². The lowest BCUT2D eigenvalue weighted by Gasteiger charge is -2.47. The van der Waals surface area contributed by atoms with Gasteiger partial charge in [-0.25, -0.2) is 0 Å². The molecule has 0 amide bonds. The third-order valence-corrected chi connectivity index (χ3v) is 13.2. The van der Waals surface area contributed by atoms with E-state index in [4.69, 9.17) is 0 Å². The zero-order chi connectivity index (χ0) is 43.5. The summed E-state index contributed by atoms with van der Waals surface area (Å²) in [6.07, 6.45) is 3.65. The standard InChI is InChI=1S/C54H62O6/c1-50(2,39-10-22-45(56)23-11-39)34-52(5,41-14-26-47(58)27-15-41)32-38(37-8-20-44(55)21-9-37)33-53(6,42-16-28-48(59)29-17-42)36-54(7,43-18-30-49(60)31-19-43)35-51(3,4)40-12-24-46(57)25-13-40/h8-31,38,55-60H,32-36H2,1-7H3. The van der Waals surface area contributed by atoms with Gasteiger partial charge in [-0.2, -0.15) is 0 Å². The smallest absolute Gasteiger partial charge is 0.115 e. The van der Waals surface area contributed by atoms with Crippen LogP contribution in [0, 0.1) is 0 Å². The van der Waals surface area contributed by atoms with Gasteiger partial charge in [0.2, 0.25) is 0 Å². The summed E-state index contributed by atoms with van der Waals surface area (Å²) in [6.45, 7) is 15.9. The van der Waals surface area contributed by atoms with Gasteiger partial charge in [0.15, 0.2) is 0 Å². The fraction of sp³-hybridized carbons (Fsp3) is 0.333. The van der Waals surface area contributed by atoms with Gasteiger partial charge in [-0.3, -0.25) is 0 Å². The third-order valence-electron chi connectivity index (χ3n) is 13.2. The van der Waals surface area contributed by atoms with Crippen LogP contribution in [0.4, 0.5) is 0 Å². The number of phenolic OH excluding ortho intramolecular Hbond substituents is 6. The van der Waals surface area contributed by atoms with Gasteiger partial charge in [0, 0.05) is 0 Å². The number of benzene rings is 6. The van der Waals surface area contributed by atoms with Crippen LogP contribution in [0.15, 0.2) is 146 Å². The van der Waals surface area contributed by atoms with Crippen molar-refractivity contribution in [3.63, 3.8) is 0 Å². The van der Waals surface area contributed by atoms with Crippen LogP contribution in [0.2, 0.25) is 0 Å². The molecule has 0 aromatic heterocycles. The largest absolute Gasteiger partial charge is 0.508 e. The van der Waals surface area contributed by atoms with Crippen molar-refractivity contribution in [2.45, 2.75) is 114 Å². The monoisotopic (exact) mass is 806 g/mol. The summed E-state index contributed by atoms with van der Waals surface area (Å²) >= 11 is 0. The highest BCUT2D eigenvalue weighted by Crippen LogP contribution is 2.53. The lowest BCUT2D eigenvalue weighted by Crippen LogP contribution is -2.40. The van der Waals surface area contributed by atoms with E-state index in [9.17, 15) is 30.6 Å². The number of phenols is 6. The molecule has 0 heterocycles. The minimum atomic E-state index is -0.490. The first kappa shape index (κ1) is 43.7. The molecule has 0 fully saturated rings. The Balaban J connectivity index is 1.50. The summed E-state index contributed by atoms with van der Waals surface area (Å²) in [4.78, 5) is 0. The molecule has 0 radical (unpaired) electrons. The van der Waals surface area contributed by atoms with Crippen LogP contribution >= 0.6 is 0 Å². The van der Waals surface area contributed by atoms with Crippen LogP contribution in [0.5, 0.6) is 34.5 Å². The second-order valence-corrected chi connectivity index (χ2v) is 19.4. The van der Waals surface area contributed by atoms with Gasteiger partial charge in [-0.15, -0.1) is 0 Å². The third kappa shape index (κ3) is 10.1. The Bertz CT molecular complexity index is 2310. The molecule has 4 unspecified atom stereocenters. The van der Waals surface area contributed by atoms with E-state index in [-0.39, 0.29) is 51.2 Å². The predicted octanol–water partition coefficient (Wildman–Crippen LogP) is 12.8. The van der Waals surface area contributed by atoms with Gasteiger partial charge in [-0.1, -0.05) is 121 Å². The molecule has 6 aromatic rings. The van der Waals surface area contributed by atoms with Crippen LogP contribution < -0.4 is 0 Å². The molecular weight excluding hydrogens is 745 g/mol. The molecule has 6 heteroatoms. The molecule has 0 saturated heterocycles. The van der Waals surface area contributed by atoms with Crippen LogP contribution in [0.3, 0.4) is 0 Å². The van der Waals surface area contributed by atoms with Crippen molar-refractivity contribution in [1.29, 1.82) is 0 Å². The first-order chi connectivity index (χ1) is 28.2. The predicted molar refractivity (Wildman–Crippen MR) is 243 cm³/mol. The minimum Gasteiger partial charge on any atom is -0.508 e.